The number of benzene rings is 1. The molecular formula is C15H21NO4. The Morgan fingerprint density at radius 2 is 1.70 bits per heavy atom. The average molecular weight is 279 g/mol. The van der Waals surface area contributed by atoms with E-state index in [-0.39, 0.29) is 11.8 Å². The summed E-state index contributed by atoms with van der Waals surface area (Å²) in [4.78, 5) is 12.1. The molecule has 1 atom stereocenters. The first-order valence-electron chi connectivity index (χ1n) is 6.71. The lowest BCUT2D eigenvalue weighted by molar-refractivity contribution is -0.119. The first-order valence-corrected chi connectivity index (χ1v) is 6.71. The molecule has 0 spiro atoms. The van der Waals surface area contributed by atoms with E-state index in [2.05, 4.69) is 5.32 Å². The van der Waals surface area contributed by atoms with Crippen molar-refractivity contribution in [3.63, 3.8) is 0 Å². The summed E-state index contributed by atoms with van der Waals surface area (Å²) in [7, 11) is 4.65. The van der Waals surface area contributed by atoms with E-state index in [1.807, 2.05) is 6.92 Å². The van der Waals surface area contributed by atoms with E-state index >= 15 is 0 Å². The minimum atomic E-state index is 0.0294. The highest BCUT2D eigenvalue weighted by Gasteiger charge is 2.32. The molecule has 0 radical (unpaired) electrons. The van der Waals surface area contributed by atoms with E-state index in [0.717, 1.165) is 12.8 Å². The van der Waals surface area contributed by atoms with E-state index in [4.69, 9.17) is 14.2 Å². The van der Waals surface area contributed by atoms with Crippen LogP contribution in [0.25, 0.3) is 0 Å². The molecule has 0 bridgehead atoms. The van der Waals surface area contributed by atoms with E-state index in [9.17, 15) is 4.79 Å². The quantitative estimate of drug-likeness (QED) is 0.870. The Morgan fingerprint density at radius 1 is 1.15 bits per heavy atom. The van der Waals surface area contributed by atoms with Crippen molar-refractivity contribution >= 4 is 11.6 Å². The third-order valence-corrected chi connectivity index (χ3v) is 3.67. The molecule has 1 unspecified atom stereocenters. The molecule has 0 heterocycles. The Hall–Kier alpha value is -1.91. The van der Waals surface area contributed by atoms with Gasteiger partial charge in [0.25, 0.3) is 0 Å². The zero-order valence-corrected chi connectivity index (χ0v) is 12.4. The molecule has 1 aliphatic rings. The van der Waals surface area contributed by atoms with Crippen molar-refractivity contribution in [2.45, 2.75) is 19.8 Å². The fourth-order valence-electron chi connectivity index (χ4n) is 2.22. The van der Waals surface area contributed by atoms with Crippen LogP contribution in [0.15, 0.2) is 12.1 Å². The third-order valence-electron chi connectivity index (χ3n) is 3.67. The normalized spacial score (nSPS) is 15.4. The number of nitrogens with one attached hydrogen (secondary N) is 1. The largest absolute Gasteiger partial charge is 0.493 e. The molecule has 1 aliphatic carbocycles. The molecule has 1 aromatic carbocycles. The second kappa shape index (κ2) is 6.03. The first-order chi connectivity index (χ1) is 9.60. The van der Waals surface area contributed by atoms with Gasteiger partial charge in [0.2, 0.25) is 11.7 Å². The van der Waals surface area contributed by atoms with Gasteiger partial charge in [-0.05, 0) is 18.8 Å². The topological polar surface area (TPSA) is 56.8 Å². The fourth-order valence-corrected chi connectivity index (χ4v) is 2.22. The van der Waals surface area contributed by atoms with Crippen molar-refractivity contribution in [2.75, 3.05) is 26.6 Å². The van der Waals surface area contributed by atoms with Crippen LogP contribution < -0.4 is 19.5 Å². The van der Waals surface area contributed by atoms with Crippen molar-refractivity contribution < 1.29 is 19.0 Å². The number of anilines is 1. The maximum Gasteiger partial charge on any atom is 0.227 e. The van der Waals surface area contributed by atoms with E-state index < -0.39 is 0 Å². The molecule has 0 aliphatic heterocycles. The maximum atomic E-state index is 12.1. The highest BCUT2D eigenvalue weighted by Crippen LogP contribution is 2.41. The van der Waals surface area contributed by atoms with Crippen LogP contribution in [0.4, 0.5) is 5.69 Å². The van der Waals surface area contributed by atoms with Gasteiger partial charge < -0.3 is 19.5 Å². The Labute approximate surface area is 119 Å². The van der Waals surface area contributed by atoms with E-state index in [1.165, 1.54) is 0 Å². The van der Waals surface area contributed by atoms with Crippen molar-refractivity contribution in [1.82, 2.24) is 0 Å². The summed E-state index contributed by atoms with van der Waals surface area (Å²) in [6.45, 7) is 1.96. The number of carbonyl (C=O) groups is 1. The number of rotatable bonds is 6. The predicted molar refractivity (Wildman–Crippen MR) is 76.6 cm³/mol. The molecular weight excluding hydrogens is 258 g/mol. The van der Waals surface area contributed by atoms with Crippen LogP contribution in [-0.4, -0.2) is 27.2 Å². The van der Waals surface area contributed by atoms with Crippen LogP contribution in [0.1, 0.15) is 19.8 Å². The Kier molecular flexibility index (Phi) is 4.37. The third kappa shape index (κ3) is 2.98. The smallest absolute Gasteiger partial charge is 0.227 e. The van der Waals surface area contributed by atoms with Gasteiger partial charge >= 0.3 is 0 Å². The Balaban J connectivity index is 2.20. The molecule has 1 N–H and O–H groups in total. The van der Waals surface area contributed by atoms with Gasteiger partial charge in [0.05, 0.1) is 21.3 Å². The summed E-state index contributed by atoms with van der Waals surface area (Å²) in [6, 6.07) is 3.47. The Morgan fingerprint density at radius 3 is 2.10 bits per heavy atom. The highest BCUT2D eigenvalue weighted by atomic mass is 16.5. The lowest BCUT2D eigenvalue weighted by atomic mass is 10.1. The molecule has 20 heavy (non-hydrogen) atoms. The number of methoxy groups -OCH3 is 3. The van der Waals surface area contributed by atoms with Gasteiger partial charge in [0, 0.05) is 23.7 Å². The summed E-state index contributed by atoms with van der Waals surface area (Å²) in [5.41, 5.74) is 0.650. The molecule has 0 aromatic heterocycles. The molecule has 5 nitrogen and oxygen atoms in total. The second-order valence-electron chi connectivity index (χ2n) is 5.03. The monoisotopic (exact) mass is 279 g/mol. The summed E-state index contributed by atoms with van der Waals surface area (Å²) in [5.74, 6) is 2.17. The zero-order chi connectivity index (χ0) is 14.7. The fraction of sp³-hybridized carbons (Fsp3) is 0.533. The van der Waals surface area contributed by atoms with Crippen LogP contribution >= 0.6 is 0 Å². The first kappa shape index (κ1) is 14.5. The van der Waals surface area contributed by atoms with Gasteiger partial charge in [-0.2, -0.15) is 0 Å². The van der Waals surface area contributed by atoms with Gasteiger partial charge in [0.1, 0.15) is 0 Å². The predicted octanol–water partition coefficient (Wildman–Crippen LogP) is 2.70. The van der Waals surface area contributed by atoms with Crippen LogP contribution in [0, 0.1) is 11.8 Å². The minimum absolute atomic E-state index is 0.0294. The minimum Gasteiger partial charge on any atom is -0.493 e. The Bertz CT molecular complexity index is 472. The van der Waals surface area contributed by atoms with Gasteiger partial charge in [-0.15, -0.1) is 0 Å². The van der Waals surface area contributed by atoms with Crippen molar-refractivity contribution in [3.8, 4) is 17.2 Å². The lowest BCUT2D eigenvalue weighted by Gasteiger charge is -2.16. The average Bonchev–Trinajstić information content (AvgIpc) is 3.29. The standard InChI is InChI=1S/C15H21NO4/c1-9(10-5-6-10)15(17)16-11-7-12(18-2)14(20-4)13(8-11)19-3/h7-10H,5-6H2,1-4H3,(H,16,17). The van der Waals surface area contributed by atoms with Gasteiger partial charge in [-0.25, -0.2) is 0 Å². The number of ether oxygens (including phenoxy) is 3. The van der Waals surface area contributed by atoms with Crippen LogP contribution in [0.3, 0.4) is 0 Å². The molecule has 0 saturated heterocycles. The number of carbonyl (C=O) groups excluding carboxylic acids is 1. The second-order valence-corrected chi connectivity index (χ2v) is 5.03. The molecule has 1 fully saturated rings. The van der Waals surface area contributed by atoms with Gasteiger partial charge in [-0.3, -0.25) is 4.79 Å². The van der Waals surface area contributed by atoms with Gasteiger partial charge in [-0.1, -0.05) is 6.92 Å². The molecule has 110 valence electrons. The van der Waals surface area contributed by atoms with E-state index in [0.29, 0.717) is 28.9 Å². The number of amides is 1. The van der Waals surface area contributed by atoms with Crippen LogP contribution in [-0.2, 0) is 4.79 Å². The van der Waals surface area contributed by atoms with Crippen LogP contribution in [0.5, 0.6) is 17.2 Å². The van der Waals surface area contributed by atoms with E-state index in [1.54, 1.807) is 33.5 Å². The van der Waals surface area contributed by atoms with Gasteiger partial charge in [0.15, 0.2) is 11.5 Å². The number of hydrogen-bond donors (Lipinski definition) is 1. The molecule has 2 rings (SSSR count). The lowest BCUT2D eigenvalue weighted by Crippen LogP contribution is -2.21. The van der Waals surface area contributed by atoms with Crippen molar-refractivity contribution in [1.29, 1.82) is 0 Å². The molecule has 5 heteroatoms. The SMILES string of the molecule is COc1cc(NC(=O)C(C)C2CC2)cc(OC)c1OC. The zero-order valence-electron chi connectivity index (χ0n) is 12.4. The molecule has 1 amide bonds. The van der Waals surface area contributed by atoms with Crippen molar-refractivity contribution in [3.05, 3.63) is 12.1 Å². The summed E-state index contributed by atoms with van der Waals surface area (Å²) in [5, 5.41) is 2.91. The summed E-state index contributed by atoms with van der Waals surface area (Å²) in [6.07, 6.45) is 2.29. The summed E-state index contributed by atoms with van der Waals surface area (Å²) < 4.78 is 15.8. The summed E-state index contributed by atoms with van der Waals surface area (Å²) >= 11 is 0. The highest BCUT2D eigenvalue weighted by molar-refractivity contribution is 5.93. The molecule has 1 aromatic rings. The van der Waals surface area contributed by atoms with Crippen LogP contribution in [0.2, 0.25) is 0 Å². The molecule has 1 saturated carbocycles. The van der Waals surface area contributed by atoms with Crippen molar-refractivity contribution in [2.24, 2.45) is 11.8 Å². The number of hydrogen-bond acceptors (Lipinski definition) is 4. The maximum absolute atomic E-state index is 12.1.